The number of piperazine rings is 1. The van der Waals surface area contributed by atoms with Crippen LogP contribution < -0.4 is 4.90 Å². The standard InChI is InChI=1S/C21H24ClFN4O3/c1-15(21(28)24(2)14-16-4-3-5-18(23)12-16)25-8-10-26(11-9-25)19-7-6-17(22)13-20(19)27(29)30/h3-7,12-13,15H,8-11,14H2,1-2H3. The minimum atomic E-state index is -0.429. The Morgan fingerprint density at radius 3 is 2.57 bits per heavy atom. The molecule has 0 N–H and O–H groups in total. The molecule has 3 rings (SSSR count). The molecule has 160 valence electrons. The van der Waals surface area contributed by atoms with Crippen molar-refractivity contribution in [1.29, 1.82) is 0 Å². The number of nitro groups is 1. The van der Waals surface area contributed by atoms with E-state index in [0.717, 1.165) is 5.56 Å². The molecule has 2 aromatic carbocycles. The van der Waals surface area contributed by atoms with E-state index in [2.05, 4.69) is 4.90 Å². The van der Waals surface area contributed by atoms with Crippen LogP contribution in [0.4, 0.5) is 15.8 Å². The number of hydrogen-bond donors (Lipinski definition) is 0. The van der Waals surface area contributed by atoms with E-state index in [9.17, 15) is 19.3 Å². The lowest BCUT2D eigenvalue weighted by Crippen LogP contribution is -2.54. The predicted molar refractivity (Wildman–Crippen MR) is 114 cm³/mol. The van der Waals surface area contributed by atoms with Crippen LogP contribution >= 0.6 is 11.6 Å². The number of benzene rings is 2. The molecule has 0 bridgehead atoms. The molecular weight excluding hydrogens is 411 g/mol. The number of hydrogen-bond acceptors (Lipinski definition) is 5. The van der Waals surface area contributed by atoms with Gasteiger partial charge in [-0.1, -0.05) is 23.7 Å². The first-order valence-corrected chi connectivity index (χ1v) is 10.1. The SMILES string of the molecule is CC(C(=O)N(C)Cc1cccc(F)c1)N1CCN(c2ccc(Cl)cc2[N+](=O)[O-])CC1. The van der Waals surface area contributed by atoms with Crippen molar-refractivity contribution in [2.75, 3.05) is 38.1 Å². The van der Waals surface area contributed by atoms with E-state index in [4.69, 9.17) is 11.6 Å². The van der Waals surface area contributed by atoms with Gasteiger partial charge in [0.15, 0.2) is 0 Å². The third-order valence-electron chi connectivity index (χ3n) is 5.38. The first-order valence-electron chi connectivity index (χ1n) is 9.68. The highest BCUT2D eigenvalue weighted by atomic mass is 35.5. The Kier molecular flexibility index (Phi) is 6.89. The number of carbonyl (C=O) groups is 1. The van der Waals surface area contributed by atoms with Gasteiger partial charge >= 0.3 is 0 Å². The molecular formula is C21H24ClFN4O3. The summed E-state index contributed by atoms with van der Waals surface area (Å²) in [5.41, 5.74) is 1.25. The predicted octanol–water partition coefficient (Wildman–Crippen LogP) is 3.56. The fraction of sp³-hybridized carbons (Fsp3) is 0.381. The van der Waals surface area contributed by atoms with Crippen LogP contribution in [-0.4, -0.2) is 59.9 Å². The molecule has 1 amide bonds. The van der Waals surface area contributed by atoms with Gasteiger partial charge in [-0.15, -0.1) is 0 Å². The molecule has 1 aliphatic heterocycles. The van der Waals surface area contributed by atoms with Crippen LogP contribution in [0.3, 0.4) is 0 Å². The van der Waals surface area contributed by atoms with Crippen molar-refractivity contribution in [2.24, 2.45) is 0 Å². The highest BCUT2D eigenvalue weighted by molar-refractivity contribution is 6.30. The zero-order valence-electron chi connectivity index (χ0n) is 16.9. The number of carbonyl (C=O) groups excluding carboxylic acids is 1. The summed E-state index contributed by atoms with van der Waals surface area (Å²) in [6.45, 7) is 4.51. The molecule has 30 heavy (non-hydrogen) atoms. The average molecular weight is 435 g/mol. The van der Waals surface area contributed by atoms with Gasteiger partial charge in [0, 0.05) is 50.9 Å². The molecule has 0 aliphatic carbocycles. The second-order valence-corrected chi connectivity index (χ2v) is 7.85. The topological polar surface area (TPSA) is 69.9 Å². The first kappa shape index (κ1) is 22.0. The van der Waals surface area contributed by atoms with Crippen LogP contribution in [0, 0.1) is 15.9 Å². The smallest absolute Gasteiger partial charge is 0.294 e. The van der Waals surface area contributed by atoms with Crippen molar-refractivity contribution in [3.05, 3.63) is 69.0 Å². The number of nitro benzene ring substituents is 1. The van der Waals surface area contributed by atoms with Crippen LogP contribution in [0.2, 0.25) is 5.02 Å². The monoisotopic (exact) mass is 434 g/mol. The van der Waals surface area contributed by atoms with Gasteiger partial charge in [-0.3, -0.25) is 19.8 Å². The number of likely N-dealkylation sites (N-methyl/N-ethyl adjacent to an activating group) is 1. The van der Waals surface area contributed by atoms with Crippen molar-refractivity contribution >= 4 is 28.9 Å². The Labute approximate surface area is 179 Å². The molecule has 1 aliphatic rings. The Morgan fingerprint density at radius 2 is 1.93 bits per heavy atom. The van der Waals surface area contributed by atoms with Crippen molar-refractivity contribution in [2.45, 2.75) is 19.5 Å². The molecule has 0 saturated carbocycles. The molecule has 1 unspecified atom stereocenters. The summed E-state index contributed by atoms with van der Waals surface area (Å²) in [6.07, 6.45) is 0. The van der Waals surface area contributed by atoms with Crippen molar-refractivity contribution < 1.29 is 14.1 Å². The summed E-state index contributed by atoms with van der Waals surface area (Å²) >= 11 is 5.90. The van der Waals surface area contributed by atoms with Crippen LogP contribution in [0.15, 0.2) is 42.5 Å². The summed E-state index contributed by atoms with van der Waals surface area (Å²) in [4.78, 5) is 29.4. The van der Waals surface area contributed by atoms with Crippen LogP contribution in [-0.2, 0) is 11.3 Å². The van der Waals surface area contributed by atoms with Gasteiger partial charge < -0.3 is 9.80 Å². The fourth-order valence-electron chi connectivity index (χ4n) is 3.72. The summed E-state index contributed by atoms with van der Waals surface area (Å²) in [7, 11) is 1.71. The fourth-order valence-corrected chi connectivity index (χ4v) is 3.89. The van der Waals surface area contributed by atoms with Crippen molar-refractivity contribution in [3.8, 4) is 0 Å². The van der Waals surface area contributed by atoms with Crippen LogP contribution in [0.1, 0.15) is 12.5 Å². The van der Waals surface area contributed by atoms with E-state index < -0.39 is 4.92 Å². The van der Waals surface area contributed by atoms with Gasteiger partial charge in [-0.25, -0.2) is 4.39 Å². The Bertz CT molecular complexity index is 934. The van der Waals surface area contributed by atoms with Crippen LogP contribution in [0.5, 0.6) is 0 Å². The second-order valence-electron chi connectivity index (χ2n) is 7.41. The first-order chi connectivity index (χ1) is 14.3. The quantitative estimate of drug-likeness (QED) is 0.513. The number of anilines is 1. The van der Waals surface area contributed by atoms with Gasteiger partial charge in [-0.2, -0.15) is 0 Å². The van der Waals surface area contributed by atoms with E-state index in [1.54, 1.807) is 36.2 Å². The van der Waals surface area contributed by atoms with E-state index >= 15 is 0 Å². The molecule has 0 radical (unpaired) electrons. The largest absolute Gasteiger partial charge is 0.363 e. The third-order valence-corrected chi connectivity index (χ3v) is 5.61. The number of amides is 1. The molecule has 1 atom stereocenters. The Morgan fingerprint density at radius 1 is 1.23 bits per heavy atom. The molecule has 7 nitrogen and oxygen atoms in total. The lowest BCUT2D eigenvalue weighted by molar-refractivity contribution is -0.384. The van der Waals surface area contributed by atoms with Gasteiger partial charge in [0.05, 0.1) is 11.0 Å². The summed E-state index contributed by atoms with van der Waals surface area (Å²) < 4.78 is 13.4. The zero-order valence-corrected chi connectivity index (χ0v) is 17.7. The molecule has 0 spiro atoms. The number of nitrogens with zero attached hydrogens (tertiary/aromatic N) is 4. The zero-order chi connectivity index (χ0) is 21.8. The minimum absolute atomic E-state index is 0.0186. The number of rotatable bonds is 6. The van der Waals surface area contributed by atoms with Crippen molar-refractivity contribution in [3.63, 3.8) is 0 Å². The highest BCUT2D eigenvalue weighted by Crippen LogP contribution is 2.31. The van der Waals surface area contributed by atoms with Gasteiger partial charge in [-0.05, 0) is 36.8 Å². The maximum Gasteiger partial charge on any atom is 0.294 e. The van der Waals surface area contributed by atoms with Gasteiger partial charge in [0.25, 0.3) is 5.69 Å². The lowest BCUT2D eigenvalue weighted by atomic mass is 10.1. The van der Waals surface area contributed by atoms with Crippen molar-refractivity contribution in [1.82, 2.24) is 9.80 Å². The van der Waals surface area contributed by atoms with E-state index in [1.165, 1.54) is 18.2 Å². The molecule has 1 heterocycles. The second kappa shape index (κ2) is 9.40. The van der Waals surface area contributed by atoms with E-state index in [0.29, 0.717) is 43.4 Å². The van der Waals surface area contributed by atoms with E-state index in [-0.39, 0.29) is 23.5 Å². The molecule has 0 aromatic heterocycles. The maximum absolute atomic E-state index is 13.4. The molecule has 2 aromatic rings. The summed E-state index contributed by atoms with van der Waals surface area (Å²) in [6, 6.07) is 10.5. The van der Waals surface area contributed by atoms with Crippen LogP contribution in [0.25, 0.3) is 0 Å². The number of halogens is 2. The molecule has 1 fully saturated rings. The molecule has 1 saturated heterocycles. The third kappa shape index (κ3) is 5.06. The van der Waals surface area contributed by atoms with Gasteiger partial charge in [0.2, 0.25) is 5.91 Å². The molecule has 9 heteroatoms. The van der Waals surface area contributed by atoms with Gasteiger partial charge in [0.1, 0.15) is 11.5 Å². The summed E-state index contributed by atoms with van der Waals surface area (Å²) in [5, 5.41) is 11.7. The summed E-state index contributed by atoms with van der Waals surface area (Å²) in [5.74, 6) is -0.376. The average Bonchev–Trinajstić information content (AvgIpc) is 2.72. The minimum Gasteiger partial charge on any atom is -0.363 e. The Hall–Kier alpha value is -2.71. The maximum atomic E-state index is 13.4. The lowest BCUT2D eigenvalue weighted by Gasteiger charge is -2.39. The van der Waals surface area contributed by atoms with E-state index in [1.807, 2.05) is 11.8 Å². The normalized spacial score (nSPS) is 15.7. The highest BCUT2D eigenvalue weighted by Gasteiger charge is 2.29. The Balaban J connectivity index is 1.60.